The molecule has 0 aliphatic heterocycles. The Morgan fingerprint density at radius 3 is 2.55 bits per heavy atom. The molecule has 0 fully saturated rings. The fourth-order valence-electron chi connectivity index (χ4n) is 1.74. The minimum Gasteiger partial charge on any atom is -0.351 e. The Hall–Kier alpha value is -1.45. The van der Waals surface area contributed by atoms with E-state index in [0.717, 1.165) is 16.0 Å². The van der Waals surface area contributed by atoms with Gasteiger partial charge in [0, 0.05) is 17.3 Å². The van der Waals surface area contributed by atoms with E-state index in [1.165, 1.54) is 11.8 Å². The van der Waals surface area contributed by atoms with Crippen LogP contribution in [0, 0.1) is 0 Å². The van der Waals surface area contributed by atoms with Crippen molar-refractivity contribution in [3.05, 3.63) is 65.7 Å². The summed E-state index contributed by atoms with van der Waals surface area (Å²) in [5.41, 5.74) is 2.14. The summed E-state index contributed by atoms with van der Waals surface area (Å²) in [6.07, 6.45) is 0. The summed E-state index contributed by atoms with van der Waals surface area (Å²) >= 11 is 7.33. The Bertz CT molecular complexity index is 559. The van der Waals surface area contributed by atoms with Crippen LogP contribution < -0.4 is 5.32 Å². The van der Waals surface area contributed by atoms with E-state index in [-0.39, 0.29) is 5.91 Å². The summed E-state index contributed by atoms with van der Waals surface area (Å²) < 4.78 is 0. The number of hydrogen-bond donors (Lipinski definition) is 1. The van der Waals surface area contributed by atoms with Crippen LogP contribution in [-0.2, 0) is 17.2 Å². The molecule has 0 aliphatic rings. The Kier molecular flexibility index (Phi) is 5.96. The maximum absolute atomic E-state index is 11.8. The van der Waals surface area contributed by atoms with Gasteiger partial charge in [0.15, 0.2) is 0 Å². The molecule has 0 radical (unpaired) electrons. The normalized spacial score (nSPS) is 10.2. The number of rotatable bonds is 6. The highest BCUT2D eigenvalue weighted by Gasteiger charge is 2.03. The van der Waals surface area contributed by atoms with Crippen LogP contribution in [0.2, 0.25) is 0 Å². The number of benzene rings is 2. The van der Waals surface area contributed by atoms with Gasteiger partial charge in [-0.2, -0.15) is 0 Å². The second kappa shape index (κ2) is 7.98. The van der Waals surface area contributed by atoms with Gasteiger partial charge in [0.25, 0.3) is 0 Å². The number of hydrogen-bond acceptors (Lipinski definition) is 2. The largest absolute Gasteiger partial charge is 0.351 e. The van der Waals surface area contributed by atoms with E-state index in [1.54, 1.807) is 0 Å². The number of nitrogens with one attached hydrogen (secondary N) is 1. The van der Waals surface area contributed by atoms with Gasteiger partial charge >= 0.3 is 0 Å². The average molecular weight is 306 g/mol. The summed E-state index contributed by atoms with van der Waals surface area (Å²) in [4.78, 5) is 12.9. The molecule has 2 rings (SSSR count). The lowest BCUT2D eigenvalue weighted by atomic mass is 10.1. The third-order valence-corrected chi connectivity index (χ3v) is 4.07. The Balaban J connectivity index is 1.77. The molecule has 4 heteroatoms. The SMILES string of the molecule is O=C(CSc1ccccc1)NCc1cccc(CCl)c1. The van der Waals surface area contributed by atoms with Crippen molar-refractivity contribution >= 4 is 29.3 Å². The summed E-state index contributed by atoms with van der Waals surface area (Å²) in [6.45, 7) is 0.541. The van der Waals surface area contributed by atoms with Crippen molar-refractivity contribution in [1.82, 2.24) is 5.32 Å². The molecule has 0 aromatic heterocycles. The smallest absolute Gasteiger partial charge is 0.230 e. The lowest BCUT2D eigenvalue weighted by molar-refractivity contribution is -0.118. The van der Waals surface area contributed by atoms with Crippen LogP contribution in [0.4, 0.5) is 0 Å². The minimum absolute atomic E-state index is 0.0372. The molecule has 104 valence electrons. The van der Waals surface area contributed by atoms with Crippen molar-refractivity contribution in [1.29, 1.82) is 0 Å². The van der Waals surface area contributed by atoms with Crippen molar-refractivity contribution in [2.75, 3.05) is 5.75 Å². The lowest BCUT2D eigenvalue weighted by Gasteiger charge is -2.06. The second-order valence-corrected chi connectivity index (χ2v) is 5.65. The van der Waals surface area contributed by atoms with Crippen LogP contribution in [0.1, 0.15) is 11.1 Å². The van der Waals surface area contributed by atoms with Crippen LogP contribution in [-0.4, -0.2) is 11.7 Å². The number of alkyl halides is 1. The molecule has 0 unspecified atom stereocenters. The Labute approximate surface area is 128 Å². The van der Waals surface area contributed by atoms with Gasteiger partial charge in [-0.3, -0.25) is 4.79 Å². The molecule has 20 heavy (non-hydrogen) atoms. The van der Waals surface area contributed by atoms with Gasteiger partial charge in [0.2, 0.25) is 5.91 Å². The van der Waals surface area contributed by atoms with Gasteiger partial charge in [0.1, 0.15) is 0 Å². The summed E-state index contributed by atoms with van der Waals surface area (Å²) in [5, 5.41) is 2.92. The summed E-state index contributed by atoms with van der Waals surface area (Å²) in [6, 6.07) is 17.8. The quantitative estimate of drug-likeness (QED) is 0.649. The number of carbonyl (C=O) groups excluding carboxylic acids is 1. The van der Waals surface area contributed by atoms with Gasteiger partial charge in [-0.15, -0.1) is 23.4 Å². The van der Waals surface area contributed by atoms with E-state index in [1.807, 2.05) is 54.6 Å². The first-order valence-corrected chi connectivity index (χ1v) is 7.88. The van der Waals surface area contributed by atoms with Crippen LogP contribution >= 0.6 is 23.4 Å². The molecule has 0 bridgehead atoms. The van der Waals surface area contributed by atoms with Crippen LogP contribution in [0.3, 0.4) is 0 Å². The third-order valence-electron chi connectivity index (χ3n) is 2.75. The molecule has 0 saturated heterocycles. The maximum Gasteiger partial charge on any atom is 0.230 e. The van der Waals surface area contributed by atoms with Gasteiger partial charge < -0.3 is 5.32 Å². The van der Waals surface area contributed by atoms with Gasteiger partial charge in [-0.05, 0) is 23.3 Å². The van der Waals surface area contributed by atoms with E-state index in [0.29, 0.717) is 18.2 Å². The molecule has 1 N–H and O–H groups in total. The number of halogens is 1. The molecule has 0 heterocycles. The van der Waals surface area contributed by atoms with Crippen LogP contribution in [0.5, 0.6) is 0 Å². The van der Waals surface area contributed by atoms with Crippen LogP contribution in [0.25, 0.3) is 0 Å². The van der Waals surface area contributed by atoms with Crippen molar-refractivity contribution in [3.8, 4) is 0 Å². The zero-order chi connectivity index (χ0) is 14.2. The molecule has 1 amide bonds. The zero-order valence-electron chi connectivity index (χ0n) is 11.0. The molecule has 0 aliphatic carbocycles. The molecule has 2 aromatic carbocycles. The van der Waals surface area contributed by atoms with E-state index < -0.39 is 0 Å². The van der Waals surface area contributed by atoms with Gasteiger partial charge in [-0.1, -0.05) is 42.5 Å². The third kappa shape index (κ3) is 4.91. The summed E-state index contributed by atoms with van der Waals surface area (Å²) in [7, 11) is 0. The standard InChI is InChI=1S/C16H16ClNOS/c17-10-13-5-4-6-14(9-13)11-18-16(19)12-20-15-7-2-1-3-8-15/h1-9H,10-12H2,(H,18,19). The highest BCUT2D eigenvalue weighted by atomic mass is 35.5. The fraction of sp³-hybridized carbons (Fsp3) is 0.188. The monoisotopic (exact) mass is 305 g/mol. The molecule has 2 nitrogen and oxygen atoms in total. The average Bonchev–Trinajstić information content (AvgIpc) is 2.52. The fourth-order valence-corrected chi connectivity index (χ4v) is 2.66. The van der Waals surface area contributed by atoms with Crippen LogP contribution in [0.15, 0.2) is 59.5 Å². The second-order valence-electron chi connectivity index (χ2n) is 4.33. The van der Waals surface area contributed by atoms with Crippen molar-refractivity contribution in [2.24, 2.45) is 0 Å². The minimum atomic E-state index is 0.0372. The predicted molar refractivity (Wildman–Crippen MR) is 85.0 cm³/mol. The molecule has 0 spiro atoms. The first kappa shape index (κ1) is 14.9. The lowest BCUT2D eigenvalue weighted by Crippen LogP contribution is -2.24. The van der Waals surface area contributed by atoms with Crippen molar-refractivity contribution in [2.45, 2.75) is 17.3 Å². The number of amides is 1. The molecule has 0 atom stereocenters. The van der Waals surface area contributed by atoms with Crippen molar-refractivity contribution in [3.63, 3.8) is 0 Å². The topological polar surface area (TPSA) is 29.1 Å². The van der Waals surface area contributed by atoms with Gasteiger partial charge in [0.05, 0.1) is 5.75 Å². The Morgan fingerprint density at radius 1 is 1.05 bits per heavy atom. The molecular formula is C16H16ClNOS. The Morgan fingerprint density at radius 2 is 1.80 bits per heavy atom. The highest BCUT2D eigenvalue weighted by Crippen LogP contribution is 2.16. The van der Waals surface area contributed by atoms with E-state index in [4.69, 9.17) is 11.6 Å². The molecular weight excluding hydrogens is 290 g/mol. The summed E-state index contributed by atoms with van der Waals surface area (Å²) in [5.74, 6) is 0.959. The highest BCUT2D eigenvalue weighted by molar-refractivity contribution is 8.00. The maximum atomic E-state index is 11.8. The van der Waals surface area contributed by atoms with E-state index in [9.17, 15) is 4.79 Å². The van der Waals surface area contributed by atoms with E-state index in [2.05, 4.69) is 5.32 Å². The van der Waals surface area contributed by atoms with Crippen molar-refractivity contribution < 1.29 is 4.79 Å². The molecule has 0 saturated carbocycles. The number of thioether (sulfide) groups is 1. The zero-order valence-corrected chi connectivity index (χ0v) is 12.6. The van der Waals surface area contributed by atoms with Gasteiger partial charge in [-0.25, -0.2) is 0 Å². The van der Waals surface area contributed by atoms with E-state index >= 15 is 0 Å². The predicted octanol–water partition coefficient (Wildman–Crippen LogP) is 3.83. The number of carbonyl (C=O) groups is 1. The molecule has 2 aromatic rings. The first-order chi connectivity index (χ1) is 9.78. The first-order valence-electron chi connectivity index (χ1n) is 6.36.